The van der Waals surface area contributed by atoms with Crippen LogP contribution in [0.5, 0.6) is 0 Å². The predicted octanol–water partition coefficient (Wildman–Crippen LogP) is 5.73. The van der Waals surface area contributed by atoms with Gasteiger partial charge in [-0.15, -0.1) is 21.6 Å². The quantitative estimate of drug-likeness (QED) is 0.479. The highest BCUT2D eigenvalue weighted by atomic mass is 32.1. The van der Waals surface area contributed by atoms with Crippen LogP contribution in [0.25, 0.3) is 21.5 Å². The molecule has 0 unspecified atom stereocenters. The Morgan fingerprint density at radius 3 is 2.62 bits per heavy atom. The van der Waals surface area contributed by atoms with Gasteiger partial charge in [-0.2, -0.15) is 0 Å². The minimum atomic E-state index is 0.483. The number of nitrogens with zero attached hydrogens (tertiary/aromatic N) is 4. The maximum absolute atomic E-state index is 5.86. The van der Waals surface area contributed by atoms with Gasteiger partial charge in [0.15, 0.2) is 10.1 Å². The number of nitrogen functional groups attached to an aromatic ring is 1. The molecule has 0 bridgehead atoms. The summed E-state index contributed by atoms with van der Waals surface area (Å²) in [6.45, 7) is 2.00. The van der Waals surface area contributed by atoms with Crippen molar-refractivity contribution < 1.29 is 0 Å². The summed E-state index contributed by atoms with van der Waals surface area (Å²) in [5.74, 6) is 0. The smallest absolute Gasteiger partial charge is 0.182 e. The molecule has 0 saturated heterocycles. The van der Waals surface area contributed by atoms with Crippen molar-refractivity contribution in [3.63, 3.8) is 0 Å². The summed E-state index contributed by atoms with van der Waals surface area (Å²) in [5.41, 5.74) is 9.38. The monoisotopic (exact) mass is 351 g/mol. The van der Waals surface area contributed by atoms with E-state index in [2.05, 4.69) is 20.2 Å². The van der Waals surface area contributed by atoms with Gasteiger partial charge in [0, 0.05) is 5.56 Å². The van der Waals surface area contributed by atoms with Crippen molar-refractivity contribution in [2.75, 3.05) is 5.73 Å². The summed E-state index contributed by atoms with van der Waals surface area (Å²) in [4.78, 5) is 8.83. The number of rotatable bonds is 3. The van der Waals surface area contributed by atoms with E-state index in [0.29, 0.717) is 10.1 Å². The largest absolute Gasteiger partial charge is 0.375 e. The number of aromatic nitrogens is 2. The fraction of sp³-hybridized carbons (Fsp3) is 0.0588. The van der Waals surface area contributed by atoms with Crippen molar-refractivity contribution in [1.29, 1.82) is 0 Å². The summed E-state index contributed by atoms with van der Waals surface area (Å²) in [6.07, 6.45) is 0. The third-order valence-electron chi connectivity index (χ3n) is 3.41. The second kappa shape index (κ2) is 6.10. The van der Waals surface area contributed by atoms with Gasteiger partial charge < -0.3 is 5.73 Å². The van der Waals surface area contributed by atoms with E-state index in [1.54, 1.807) is 11.3 Å². The van der Waals surface area contributed by atoms with Crippen LogP contribution in [0, 0.1) is 6.92 Å². The zero-order chi connectivity index (χ0) is 16.5. The second-order valence-corrected chi connectivity index (χ2v) is 7.40. The van der Waals surface area contributed by atoms with E-state index >= 15 is 0 Å². The van der Waals surface area contributed by atoms with Crippen molar-refractivity contribution >= 4 is 48.7 Å². The van der Waals surface area contributed by atoms with Gasteiger partial charge >= 0.3 is 0 Å². The molecule has 0 amide bonds. The van der Waals surface area contributed by atoms with Crippen LogP contribution in [-0.4, -0.2) is 9.97 Å². The Kier molecular flexibility index (Phi) is 3.79. The van der Waals surface area contributed by atoms with Gasteiger partial charge in [0.2, 0.25) is 0 Å². The number of fused-ring (bicyclic) bond motifs is 1. The molecule has 0 fully saturated rings. The molecule has 118 valence electrons. The molecule has 0 radical (unpaired) electrons. The minimum Gasteiger partial charge on any atom is -0.375 e. The molecule has 2 aromatic carbocycles. The molecule has 0 atom stereocenters. The molecule has 0 spiro atoms. The van der Waals surface area contributed by atoms with Crippen LogP contribution in [-0.2, 0) is 0 Å². The lowest BCUT2D eigenvalue weighted by molar-refractivity contribution is 1.25. The SMILES string of the molecule is Cc1nc2ccc(N=Nc3sc(N)nc3-c3ccccc3)cc2s1. The lowest BCUT2D eigenvalue weighted by Crippen LogP contribution is -1.82. The highest BCUT2D eigenvalue weighted by Gasteiger charge is 2.11. The number of azo groups is 1. The zero-order valence-electron chi connectivity index (χ0n) is 12.8. The fourth-order valence-electron chi connectivity index (χ4n) is 2.37. The lowest BCUT2D eigenvalue weighted by atomic mass is 10.2. The predicted molar refractivity (Wildman–Crippen MR) is 100 cm³/mol. The van der Waals surface area contributed by atoms with Gasteiger partial charge in [0.25, 0.3) is 0 Å². The summed E-state index contributed by atoms with van der Waals surface area (Å²) < 4.78 is 1.11. The molecule has 0 aliphatic rings. The van der Waals surface area contributed by atoms with Gasteiger partial charge in [-0.3, -0.25) is 0 Å². The molecule has 2 heterocycles. The van der Waals surface area contributed by atoms with Crippen LogP contribution in [0.2, 0.25) is 0 Å². The van der Waals surface area contributed by atoms with Gasteiger partial charge in [-0.1, -0.05) is 41.7 Å². The molecule has 2 aromatic heterocycles. The van der Waals surface area contributed by atoms with Crippen molar-refractivity contribution in [2.45, 2.75) is 6.92 Å². The topological polar surface area (TPSA) is 76.5 Å². The Labute approximate surface area is 146 Å². The van der Waals surface area contributed by atoms with Crippen LogP contribution in [0.1, 0.15) is 5.01 Å². The lowest BCUT2D eigenvalue weighted by Gasteiger charge is -1.97. The van der Waals surface area contributed by atoms with Crippen molar-refractivity contribution in [2.24, 2.45) is 10.2 Å². The standard InChI is InChI=1S/C17H13N5S2/c1-10-19-13-8-7-12(9-14(13)23-10)21-22-16-15(20-17(18)24-16)11-5-3-2-4-6-11/h2-9H,1H3,(H2,18,20). The average molecular weight is 351 g/mol. The third-order valence-corrected chi connectivity index (χ3v) is 5.11. The zero-order valence-corrected chi connectivity index (χ0v) is 14.4. The molecule has 0 aliphatic carbocycles. The van der Waals surface area contributed by atoms with E-state index in [1.807, 2.05) is 55.5 Å². The van der Waals surface area contributed by atoms with Crippen LogP contribution in [0.3, 0.4) is 0 Å². The first-order valence-corrected chi connectivity index (χ1v) is 8.93. The van der Waals surface area contributed by atoms with Crippen molar-refractivity contribution in [1.82, 2.24) is 9.97 Å². The highest BCUT2D eigenvalue weighted by molar-refractivity contribution is 7.19. The Hall–Kier alpha value is -2.64. The maximum atomic E-state index is 5.86. The number of aryl methyl sites for hydroxylation is 1. The molecule has 0 aliphatic heterocycles. The number of nitrogens with two attached hydrogens (primary N) is 1. The van der Waals surface area contributed by atoms with Crippen LogP contribution < -0.4 is 5.73 Å². The van der Waals surface area contributed by atoms with Crippen LogP contribution in [0.4, 0.5) is 15.8 Å². The van der Waals surface area contributed by atoms with Gasteiger partial charge in [-0.25, -0.2) is 9.97 Å². The number of hydrogen-bond acceptors (Lipinski definition) is 7. The Balaban J connectivity index is 1.70. The Morgan fingerprint density at radius 1 is 0.958 bits per heavy atom. The number of thiazole rings is 2. The normalized spacial score (nSPS) is 11.5. The molecular weight excluding hydrogens is 338 g/mol. The fourth-order valence-corrected chi connectivity index (χ4v) is 3.91. The molecule has 4 rings (SSSR count). The van der Waals surface area contributed by atoms with Crippen molar-refractivity contribution in [3.8, 4) is 11.3 Å². The maximum Gasteiger partial charge on any atom is 0.182 e. The summed E-state index contributed by atoms with van der Waals surface area (Å²) >= 11 is 2.98. The van der Waals surface area contributed by atoms with E-state index in [0.717, 1.165) is 32.2 Å². The highest BCUT2D eigenvalue weighted by Crippen LogP contribution is 2.38. The van der Waals surface area contributed by atoms with E-state index in [1.165, 1.54) is 11.3 Å². The summed E-state index contributed by atoms with van der Waals surface area (Å²) in [7, 11) is 0. The molecule has 4 aromatic rings. The van der Waals surface area contributed by atoms with E-state index in [-0.39, 0.29) is 0 Å². The molecule has 0 saturated carbocycles. The summed E-state index contributed by atoms with van der Waals surface area (Å²) in [6, 6.07) is 15.7. The molecule has 24 heavy (non-hydrogen) atoms. The molecule has 7 heteroatoms. The Morgan fingerprint density at radius 2 is 1.79 bits per heavy atom. The molecule has 2 N–H and O–H groups in total. The van der Waals surface area contributed by atoms with Crippen LogP contribution >= 0.6 is 22.7 Å². The van der Waals surface area contributed by atoms with E-state index < -0.39 is 0 Å². The van der Waals surface area contributed by atoms with E-state index in [4.69, 9.17) is 5.73 Å². The number of benzene rings is 2. The van der Waals surface area contributed by atoms with Crippen molar-refractivity contribution in [3.05, 3.63) is 53.5 Å². The van der Waals surface area contributed by atoms with Gasteiger partial charge in [0.05, 0.1) is 20.9 Å². The minimum absolute atomic E-state index is 0.483. The summed E-state index contributed by atoms with van der Waals surface area (Å²) in [5, 5.41) is 11.0. The van der Waals surface area contributed by atoms with Gasteiger partial charge in [-0.05, 0) is 25.1 Å². The number of hydrogen-bond donors (Lipinski definition) is 1. The first-order valence-electron chi connectivity index (χ1n) is 7.30. The Bertz CT molecular complexity index is 1030. The first-order chi connectivity index (χ1) is 11.7. The second-order valence-electron chi connectivity index (χ2n) is 5.16. The van der Waals surface area contributed by atoms with Crippen LogP contribution in [0.15, 0.2) is 58.8 Å². The molecule has 5 nitrogen and oxygen atoms in total. The van der Waals surface area contributed by atoms with E-state index in [9.17, 15) is 0 Å². The third kappa shape index (κ3) is 2.91. The van der Waals surface area contributed by atoms with Gasteiger partial charge in [0.1, 0.15) is 5.69 Å². The average Bonchev–Trinajstić information content (AvgIpc) is 3.14. The molecular formula is C17H13N5S2. The first kappa shape index (κ1) is 14.9. The number of anilines is 1.